The normalized spacial score (nSPS) is 28.1. The quantitative estimate of drug-likeness (QED) is 0.882. The number of carbonyl (C=O) groups is 1. The largest absolute Gasteiger partial charge is 0.395 e. The Labute approximate surface area is 162 Å². The minimum absolute atomic E-state index is 0.156. The minimum atomic E-state index is 0.156. The lowest BCUT2D eigenvalue weighted by molar-refractivity contribution is 0.0401. The lowest BCUT2D eigenvalue weighted by atomic mass is 9.76. The highest BCUT2D eigenvalue weighted by Gasteiger charge is 2.44. The first-order valence-electron chi connectivity index (χ1n) is 10.4. The fourth-order valence-corrected chi connectivity index (χ4v) is 5.03. The highest BCUT2D eigenvalue weighted by Crippen LogP contribution is 2.42. The zero-order valence-corrected chi connectivity index (χ0v) is 16.4. The molecule has 3 saturated heterocycles. The third-order valence-electron chi connectivity index (χ3n) is 6.84. The number of carbonyl (C=O) groups excluding carboxylic acids is 1. The van der Waals surface area contributed by atoms with E-state index >= 15 is 0 Å². The Morgan fingerprint density at radius 1 is 1.22 bits per heavy atom. The summed E-state index contributed by atoms with van der Waals surface area (Å²) < 4.78 is 6.17. The number of piperidine rings is 1. The number of likely N-dealkylation sites (tertiary alicyclic amines) is 2. The van der Waals surface area contributed by atoms with Crippen molar-refractivity contribution in [1.29, 1.82) is 0 Å². The molecule has 1 aromatic rings. The molecule has 0 radical (unpaired) electrons. The van der Waals surface area contributed by atoms with Gasteiger partial charge in [-0.15, -0.1) is 0 Å². The molecular weight excluding hydrogens is 340 g/mol. The van der Waals surface area contributed by atoms with Crippen LogP contribution in [0.4, 0.5) is 0 Å². The molecule has 0 aliphatic carbocycles. The molecule has 0 aromatic heterocycles. The molecule has 0 unspecified atom stereocenters. The van der Waals surface area contributed by atoms with E-state index in [2.05, 4.69) is 4.90 Å². The van der Waals surface area contributed by atoms with Crippen LogP contribution in [0.15, 0.2) is 24.3 Å². The molecule has 0 bridgehead atoms. The number of ether oxygens (including phenoxy) is 1. The summed E-state index contributed by atoms with van der Waals surface area (Å²) in [6.45, 7) is 6.80. The highest BCUT2D eigenvalue weighted by molar-refractivity contribution is 5.94. The second-order valence-electron chi connectivity index (χ2n) is 8.77. The van der Waals surface area contributed by atoms with Crippen LogP contribution in [0.3, 0.4) is 0 Å². The molecule has 0 saturated carbocycles. The Bertz CT molecular complexity index is 652. The van der Waals surface area contributed by atoms with Crippen LogP contribution in [-0.4, -0.2) is 72.4 Å². The van der Waals surface area contributed by atoms with E-state index in [0.29, 0.717) is 6.04 Å². The number of benzene rings is 1. The molecular formula is C22H32N2O3. The Morgan fingerprint density at radius 2 is 1.96 bits per heavy atom. The van der Waals surface area contributed by atoms with Crippen molar-refractivity contribution < 1.29 is 14.6 Å². The van der Waals surface area contributed by atoms with Crippen LogP contribution >= 0.6 is 0 Å². The monoisotopic (exact) mass is 372 g/mol. The highest BCUT2D eigenvalue weighted by atomic mass is 16.5. The molecule has 4 rings (SSSR count). The molecule has 3 aliphatic rings. The first-order chi connectivity index (χ1) is 13.1. The van der Waals surface area contributed by atoms with Crippen molar-refractivity contribution in [2.45, 2.75) is 51.2 Å². The maximum Gasteiger partial charge on any atom is 0.253 e. The van der Waals surface area contributed by atoms with Gasteiger partial charge in [0, 0.05) is 31.2 Å². The van der Waals surface area contributed by atoms with Crippen molar-refractivity contribution in [2.24, 2.45) is 5.41 Å². The van der Waals surface area contributed by atoms with Crippen LogP contribution in [0.2, 0.25) is 0 Å². The van der Waals surface area contributed by atoms with Gasteiger partial charge in [-0.2, -0.15) is 0 Å². The fourth-order valence-electron chi connectivity index (χ4n) is 5.03. The summed E-state index contributed by atoms with van der Waals surface area (Å²) in [7, 11) is 0. The van der Waals surface area contributed by atoms with Crippen LogP contribution in [0.25, 0.3) is 0 Å². The van der Waals surface area contributed by atoms with Gasteiger partial charge in [-0.25, -0.2) is 0 Å². The van der Waals surface area contributed by atoms with Crippen LogP contribution in [-0.2, 0) is 4.74 Å². The second kappa shape index (κ2) is 7.90. The van der Waals surface area contributed by atoms with Crippen molar-refractivity contribution in [3.8, 4) is 0 Å². The molecule has 1 amide bonds. The molecule has 2 atom stereocenters. The molecule has 1 aromatic carbocycles. The van der Waals surface area contributed by atoms with Gasteiger partial charge in [0.05, 0.1) is 19.3 Å². The van der Waals surface area contributed by atoms with Crippen molar-refractivity contribution in [3.63, 3.8) is 0 Å². The van der Waals surface area contributed by atoms with Gasteiger partial charge in [-0.05, 0) is 63.1 Å². The summed E-state index contributed by atoms with van der Waals surface area (Å²) in [6, 6.07) is 8.20. The number of hydrogen-bond donors (Lipinski definition) is 1. The van der Waals surface area contributed by atoms with E-state index in [9.17, 15) is 9.90 Å². The van der Waals surface area contributed by atoms with E-state index in [4.69, 9.17) is 4.74 Å². The summed E-state index contributed by atoms with van der Waals surface area (Å²) in [5.74, 6) is 0.156. The molecule has 3 aliphatic heterocycles. The predicted molar refractivity (Wildman–Crippen MR) is 105 cm³/mol. The summed E-state index contributed by atoms with van der Waals surface area (Å²) >= 11 is 0. The van der Waals surface area contributed by atoms with Gasteiger partial charge in [0.2, 0.25) is 0 Å². The number of aryl methyl sites for hydroxylation is 1. The number of rotatable bonds is 4. The third kappa shape index (κ3) is 4.05. The molecule has 5 heteroatoms. The van der Waals surface area contributed by atoms with Gasteiger partial charge in [0.15, 0.2) is 0 Å². The molecule has 5 nitrogen and oxygen atoms in total. The SMILES string of the molecule is Cc1ccc(C(=O)N2CCC3(CC2)CO[C@H](CN2CCC[C@H]2CO)C3)cc1. The van der Waals surface area contributed by atoms with Crippen LogP contribution < -0.4 is 0 Å². The summed E-state index contributed by atoms with van der Waals surface area (Å²) in [4.78, 5) is 17.2. The summed E-state index contributed by atoms with van der Waals surface area (Å²) in [6.07, 6.45) is 5.71. The zero-order valence-electron chi connectivity index (χ0n) is 16.4. The average molecular weight is 373 g/mol. The molecule has 1 N–H and O–H groups in total. The van der Waals surface area contributed by atoms with Crippen molar-refractivity contribution in [2.75, 3.05) is 39.4 Å². The van der Waals surface area contributed by atoms with E-state index < -0.39 is 0 Å². The van der Waals surface area contributed by atoms with E-state index in [1.807, 2.05) is 36.1 Å². The van der Waals surface area contributed by atoms with Crippen LogP contribution in [0.5, 0.6) is 0 Å². The summed E-state index contributed by atoms with van der Waals surface area (Å²) in [5.41, 5.74) is 2.21. The first-order valence-corrected chi connectivity index (χ1v) is 10.4. The lowest BCUT2D eigenvalue weighted by Gasteiger charge is -2.38. The standard InChI is InChI=1S/C22H32N2O3/c1-17-4-6-18(7-5-17)21(26)23-11-8-22(9-12-23)13-20(27-16-22)14-24-10-2-3-19(24)15-25/h4-7,19-20,25H,2-3,8-16H2,1H3/t19-,20-/m0/s1. The van der Waals surface area contributed by atoms with Crippen molar-refractivity contribution in [1.82, 2.24) is 9.80 Å². The van der Waals surface area contributed by atoms with Gasteiger partial charge in [-0.1, -0.05) is 17.7 Å². The molecule has 148 valence electrons. The topological polar surface area (TPSA) is 53.0 Å². The van der Waals surface area contributed by atoms with E-state index in [1.54, 1.807) is 0 Å². The van der Waals surface area contributed by atoms with Gasteiger partial charge in [0.1, 0.15) is 0 Å². The number of nitrogens with zero attached hydrogens (tertiary/aromatic N) is 2. The van der Waals surface area contributed by atoms with Crippen LogP contribution in [0.1, 0.15) is 48.0 Å². The van der Waals surface area contributed by atoms with E-state index in [0.717, 1.165) is 64.0 Å². The molecule has 3 fully saturated rings. The third-order valence-corrected chi connectivity index (χ3v) is 6.84. The number of amides is 1. The van der Waals surface area contributed by atoms with Crippen molar-refractivity contribution in [3.05, 3.63) is 35.4 Å². The lowest BCUT2D eigenvalue weighted by Crippen LogP contribution is -2.44. The number of hydrogen-bond acceptors (Lipinski definition) is 4. The van der Waals surface area contributed by atoms with E-state index in [-0.39, 0.29) is 24.0 Å². The maximum absolute atomic E-state index is 12.7. The van der Waals surface area contributed by atoms with Crippen molar-refractivity contribution >= 4 is 5.91 Å². The van der Waals surface area contributed by atoms with Gasteiger partial charge < -0.3 is 14.7 Å². The Balaban J connectivity index is 1.30. The number of aliphatic hydroxyl groups excluding tert-OH is 1. The second-order valence-corrected chi connectivity index (χ2v) is 8.77. The van der Waals surface area contributed by atoms with Crippen LogP contribution in [0, 0.1) is 12.3 Å². The average Bonchev–Trinajstić information content (AvgIpc) is 3.30. The zero-order chi connectivity index (χ0) is 18.9. The molecule has 1 spiro atoms. The Morgan fingerprint density at radius 3 is 2.67 bits per heavy atom. The first kappa shape index (κ1) is 18.9. The maximum atomic E-state index is 12.7. The van der Waals surface area contributed by atoms with E-state index in [1.165, 1.54) is 12.0 Å². The Kier molecular flexibility index (Phi) is 5.53. The smallest absolute Gasteiger partial charge is 0.253 e. The fraction of sp³-hybridized carbons (Fsp3) is 0.682. The van der Waals surface area contributed by atoms with Gasteiger partial charge in [0.25, 0.3) is 5.91 Å². The van der Waals surface area contributed by atoms with Gasteiger partial charge in [-0.3, -0.25) is 9.69 Å². The molecule has 3 heterocycles. The predicted octanol–water partition coefficient (Wildman–Crippen LogP) is 2.46. The Hall–Kier alpha value is -1.43. The number of aliphatic hydroxyl groups is 1. The molecule has 27 heavy (non-hydrogen) atoms. The summed E-state index contributed by atoms with van der Waals surface area (Å²) in [5, 5.41) is 9.52. The minimum Gasteiger partial charge on any atom is -0.395 e. The van der Waals surface area contributed by atoms with Gasteiger partial charge >= 0.3 is 0 Å².